The van der Waals surface area contributed by atoms with Gasteiger partial charge in [0.1, 0.15) is 0 Å². The predicted molar refractivity (Wildman–Crippen MR) is 109 cm³/mol. The van der Waals surface area contributed by atoms with Gasteiger partial charge in [0.25, 0.3) is 0 Å². The first-order chi connectivity index (χ1) is 12.9. The topological polar surface area (TPSA) is 80.6 Å². The van der Waals surface area contributed by atoms with Crippen molar-refractivity contribution in [1.82, 2.24) is 19.7 Å². The highest BCUT2D eigenvalue weighted by Crippen LogP contribution is 2.28. The fraction of sp³-hybridized carbons (Fsp3) is 0.263. The summed E-state index contributed by atoms with van der Waals surface area (Å²) in [6, 6.07) is 3.95. The normalized spacial score (nSPS) is 10.9. The number of nitrogens with zero attached hydrogens (tertiary/aromatic N) is 3. The van der Waals surface area contributed by atoms with Crippen molar-refractivity contribution >= 4 is 34.7 Å². The Balaban J connectivity index is 1.81. The summed E-state index contributed by atoms with van der Waals surface area (Å²) in [7, 11) is 0. The maximum absolute atomic E-state index is 12.7. The number of Topliss-reactive ketones (excluding diaryl/α,β-unsaturated/α-hetero) is 2. The molecule has 6 nitrogen and oxygen atoms in total. The Kier molecular flexibility index (Phi) is 5.76. The quantitative estimate of drug-likeness (QED) is 0.346. The van der Waals surface area contributed by atoms with E-state index in [1.165, 1.54) is 18.7 Å². The Labute approximate surface area is 165 Å². The number of aryl methyl sites for hydroxylation is 1. The molecule has 0 aliphatic carbocycles. The van der Waals surface area contributed by atoms with Crippen LogP contribution in [0, 0.1) is 13.8 Å². The molecule has 3 aromatic heterocycles. The fourth-order valence-corrected chi connectivity index (χ4v) is 4.57. The summed E-state index contributed by atoms with van der Waals surface area (Å²) < 4.78 is 1.95. The molecular weight excluding hydrogens is 380 g/mol. The van der Waals surface area contributed by atoms with Gasteiger partial charge in [-0.05, 0) is 37.8 Å². The van der Waals surface area contributed by atoms with E-state index >= 15 is 0 Å². The van der Waals surface area contributed by atoms with Crippen LogP contribution in [0.1, 0.15) is 39.0 Å². The molecule has 0 aliphatic heterocycles. The van der Waals surface area contributed by atoms with Crippen LogP contribution < -0.4 is 0 Å². The predicted octanol–water partition coefficient (Wildman–Crippen LogP) is 4.32. The maximum Gasteiger partial charge on any atom is 0.192 e. The van der Waals surface area contributed by atoms with E-state index in [9.17, 15) is 9.59 Å². The summed E-state index contributed by atoms with van der Waals surface area (Å²) in [5.41, 5.74) is 2.51. The molecule has 0 spiro atoms. The highest BCUT2D eigenvalue weighted by Gasteiger charge is 2.21. The molecule has 0 bridgehead atoms. The van der Waals surface area contributed by atoms with Crippen molar-refractivity contribution in [1.29, 1.82) is 0 Å². The van der Waals surface area contributed by atoms with E-state index in [4.69, 9.17) is 0 Å². The zero-order valence-electron chi connectivity index (χ0n) is 15.4. The first kappa shape index (κ1) is 19.3. The van der Waals surface area contributed by atoms with E-state index in [0.717, 1.165) is 16.4 Å². The Morgan fingerprint density at radius 2 is 2.15 bits per heavy atom. The molecule has 3 rings (SSSR count). The minimum atomic E-state index is -0.0704. The summed E-state index contributed by atoms with van der Waals surface area (Å²) in [4.78, 5) is 28.5. The average Bonchev–Trinajstić information content (AvgIpc) is 3.32. The van der Waals surface area contributed by atoms with Gasteiger partial charge in [-0.1, -0.05) is 23.9 Å². The van der Waals surface area contributed by atoms with Gasteiger partial charge in [-0.25, -0.2) is 0 Å². The first-order valence-corrected chi connectivity index (χ1v) is 10.2. The van der Waals surface area contributed by atoms with Gasteiger partial charge in [-0.2, -0.15) is 0 Å². The lowest BCUT2D eigenvalue weighted by Crippen LogP contribution is -2.07. The lowest BCUT2D eigenvalue weighted by molar-refractivity contribution is 0.101. The molecule has 0 aliphatic rings. The van der Waals surface area contributed by atoms with Crippen LogP contribution in [0.4, 0.5) is 0 Å². The largest absolute Gasteiger partial charge is 0.355 e. The van der Waals surface area contributed by atoms with Crippen molar-refractivity contribution in [2.45, 2.75) is 32.5 Å². The molecule has 3 aromatic rings. The van der Waals surface area contributed by atoms with Crippen LogP contribution in [-0.4, -0.2) is 37.1 Å². The minimum absolute atomic E-state index is 0.0423. The van der Waals surface area contributed by atoms with Gasteiger partial charge in [0.15, 0.2) is 22.5 Å². The molecule has 0 saturated heterocycles. The van der Waals surface area contributed by atoms with Gasteiger partial charge in [0, 0.05) is 17.8 Å². The molecule has 1 N–H and O–H groups in total. The van der Waals surface area contributed by atoms with E-state index < -0.39 is 0 Å². The molecule has 3 heterocycles. The third kappa shape index (κ3) is 3.81. The molecule has 8 heteroatoms. The van der Waals surface area contributed by atoms with Gasteiger partial charge in [0.05, 0.1) is 16.3 Å². The van der Waals surface area contributed by atoms with Gasteiger partial charge < -0.3 is 4.98 Å². The van der Waals surface area contributed by atoms with Crippen molar-refractivity contribution in [3.05, 3.63) is 52.7 Å². The number of hydrogen-bond acceptors (Lipinski definition) is 6. The van der Waals surface area contributed by atoms with Crippen LogP contribution in [-0.2, 0) is 6.54 Å². The number of hydrogen-bond donors (Lipinski definition) is 1. The summed E-state index contributed by atoms with van der Waals surface area (Å²) >= 11 is 2.92. The monoisotopic (exact) mass is 400 g/mol. The summed E-state index contributed by atoms with van der Waals surface area (Å²) in [6.45, 7) is 9.47. The number of thiophene rings is 1. The fourth-order valence-electron chi connectivity index (χ4n) is 3.04. The van der Waals surface area contributed by atoms with Crippen molar-refractivity contribution in [2.75, 3.05) is 5.75 Å². The number of aromatic amines is 1. The van der Waals surface area contributed by atoms with E-state index in [1.54, 1.807) is 24.3 Å². The van der Waals surface area contributed by atoms with Gasteiger partial charge in [-0.15, -0.1) is 28.1 Å². The first-order valence-electron chi connectivity index (χ1n) is 8.38. The Bertz CT molecular complexity index is 1000. The van der Waals surface area contributed by atoms with Crippen LogP contribution in [0.2, 0.25) is 0 Å². The lowest BCUT2D eigenvalue weighted by Gasteiger charge is -2.06. The summed E-state index contributed by atoms with van der Waals surface area (Å²) in [6.07, 6.45) is 1.78. The zero-order valence-corrected chi connectivity index (χ0v) is 17.0. The van der Waals surface area contributed by atoms with Gasteiger partial charge >= 0.3 is 0 Å². The second kappa shape index (κ2) is 8.06. The van der Waals surface area contributed by atoms with Crippen molar-refractivity contribution in [3.8, 4) is 10.7 Å². The molecule has 0 radical (unpaired) electrons. The smallest absolute Gasteiger partial charge is 0.192 e. The Hall–Kier alpha value is -2.45. The van der Waals surface area contributed by atoms with Crippen molar-refractivity contribution in [2.24, 2.45) is 0 Å². The number of rotatable bonds is 8. The number of thioether (sulfide) groups is 1. The van der Waals surface area contributed by atoms with Gasteiger partial charge in [-0.3, -0.25) is 14.2 Å². The molecular formula is C19H20N4O2S2. The summed E-state index contributed by atoms with van der Waals surface area (Å²) in [5.74, 6) is 0.863. The number of allylic oxidation sites excluding steroid dienone is 1. The Morgan fingerprint density at radius 3 is 2.74 bits per heavy atom. The molecule has 0 amide bonds. The molecule has 0 aromatic carbocycles. The van der Waals surface area contributed by atoms with E-state index in [-0.39, 0.29) is 17.3 Å². The van der Waals surface area contributed by atoms with E-state index in [2.05, 4.69) is 21.8 Å². The number of carbonyl (C=O) groups is 2. The van der Waals surface area contributed by atoms with Crippen molar-refractivity contribution < 1.29 is 9.59 Å². The number of nitrogens with one attached hydrogen (secondary N) is 1. The minimum Gasteiger partial charge on any atom is -0.355 e. The third-order valence-electron chi connectivity index (χ3n) is 4.17. The number of aromatic nitrogens is 4. The average molecular weight is 401 g/mol. The number of H-pyrrole nitrogens is 1. The molecule has 0 saturated carbocycles. The molecule has 0 atom stereocenters. The zero-order chi connectivity index (χ0) is 19.6. The highest BCUT2D eigenvalue weighted by molar-refractivity contribution is 7.99. The Morgan fingerprint density at radius 1 is 1.37 bits per heavy atom. The second-order valence-electron chi connectivity index (χ2n) is 6.08. The van der Waals surface area contributed by atoms with Crippen LogP contribution >= 0.6 is 23.1 Å². The van der Waals surface area contributed by atoms with Crippen molar-refractivity contribution in [3.63, 3.8) is 0 Å². The summed E-state index contributed by atoms with van der Waals surface area (Å²) in [5, 5.41) is 11.2. The van der Waals surface area contributed by atoms with Crippen LogP contribution in [0.5, 0.6) is 0 Å². The molecule has 0 fully saturated rings. The second-order valence-corrected chi connectivity index (χ2v) is 7.97. The van der Waals surface area contributed by atoms with Gasteiger partial charge in [0.2, 0.25) is 0 Å². The SMILES string of the molecule is C=CCn1c(SCC(=O)c2[nH]c(C)c(C(C)=O)c2C)nnc1-c1cccs1. The van der Waals surface area contributed by atoms with E-state index in [0.29, 0.717) is 28.5 Å². The molecule has 0 unspecified atom stereocenters. The highest BCUT2D eigenvalue weighted by atomic mass is 32.2. The lowest BCUT2D eigenvalue weighted by atomic mass is 10.1. The number of carbonyl (C=O) groups excluding carboxylic acids is 2. The molecule has 27 heavy (non-hydrogen) atoms. The maximum atomic E-state index is 12.7. The standard InChI is InChI=1S/C19H20N4O2S2/c1-5-8-23-18(15-7-6-9-26-15)21-22-19(23)27-10-14(25)17-11(2)16(13(4)24)12(3)20-17/h5-7,9,20H,1,8,10H2,2-4H3. The van der Waals surface area contributed by atoms with Crippen LogP contribution in [0.3, 0.4) is 0 Å². The third-order valence-corrected chi connectivity index (χ3v) is 6.00. The van der Waals surface area contributed by atoms with E-state index in [1.807, 2.05) is 29.0 Å². The van der Waals surface area contributed by atoms with Crippen LogP contribution in [0.25, 0.3) is 10.7 Å². The number of ketones is 2. The van der Waals surface area contributed by atoms with Crippen LogP contribution in [0.15, 0.2) is 35.3 Å². The molecule has 140 valence electrons.